The first kappa shape index (κ1) is 16.3. The zero-order valence-electron chi connectivity index (χ0n) is 12.7. The van der Waals surface area contributed by atoms with Gasteiger partial charge in [0.25, 0.3) is 0 Å². The summed E-state index contributed by atoms with van der Waals surface area (Å²) in [4.78, 5) is 0.119. The Morgan fingerprint density at radius 2 is 2.29 bits per heavy atom. The van der Waals surface area contributed by atoms with Crippen molar-refractivity contribution in [3.63, 3.8) is 0 Å². The van der Waals surface area contributed by atoms with Gasteiger partial charge in [0, 0.05) is 32.9 Å². The summed E-state index contributed by atoms with van der Waals surface area (Å²) in [5.41, 5.74) is 5.80. The molecule has 21 heavy (non-hydrogen) atoms. The van der Waals surface area contributed by atoms with E-state index in [1.807, 2.05) is 6.92 Å². The van der Waals surface area contributed by atoms with E-state index >= 15 is 0 Å². The van der Waals surface area contributed by atoms with Crippen LogP contribution in [0, 0.1) is 5.92 Å². The summed E-state index contributed by atoms with van der Waals surface area (Å²) in [7, 11) is -1.93. The lowest BCUT2D eigenvalue weighted by atomic mass is 10.0. The third kappa shape index (κ3) is 3.56. The first-order valence-corrected chi connectivity index (χ1v) is 8.75. The average molecular weight is 316 g/mol. The maximum Gasteiger partial charge on any atom is 0.248 e. The zero-order chi connectivity index (χ0) is 15.5. The van der Waals surface area contributed by atoms with Crippen LogP contribution in [-0.4, -0.2) is 49.3 Å². The van der Waals surface area contributed by atoms with Crippen molar-refractivity contribution in [2.75, 3.05) is 32.5 Å². The van der Waals surface area contributed by atoms with Crippen LogP contribution in [0.4, 0.5) is 5.82 Å². The summed E-state index contributed by atoms with van der Waals surface area (Å²) >= 11 is 0. The van der Waals surface area contributed by atoms with E-state index in [0.717, 1.165) is 19.3 Å². The summed E-state index contributed by atoms with van der Waals surface area (Å²) in [6.45, 7) is 4.25. The Kier molecular flexibility index (Phi) is 5.23. The third-order valence-electron chi connectivity index (χ3n) is 3.71. The minimum atomic E-state index is -3.57. The fraction of sp³-hybridized carbons (Fsp3) is 0.769. The summed E-state index contributed by atoms with van der Waals surface area (Å²) in [6.07, 6.45) is 4.25. The largest absolute Gasteiger partial charge is 0.384 e. The molecular formula is C13H24N4O3S. The van der Waals surface area contributed by atoms with Crippen molar-refractivity contribution < 1.29 is 13.2 Å². The maximum absolute atomic E-state index is 12.7. The highest BCUT2D eigenvalue weighted by molar-refractivity contribution is 7.89. The molecule has 2 rings (SSSR count). The number of anilines is 1. The minimum Gasteiger partial charge on any atom is -0.384 e. The minimum absolute atomic E-state index is 0.0808. The Morgan fingerprint density at radius 3 is 2.95 bits per heavy atom. The standard InChI is InChI=1S/C13H24N4O3S/c1-3-6-16-9-12(13(14)15-16)21(18,19)17-7-4-5-11(8-17)10-20-2/h9,11H,3-8,10H2,1-2H3,(H2,14,15). The molecule has 0 amide bonds. The second-order valence-electron chi connectivity index (χ2n) is 5.47. The van der Waals surface area contributed by atoms with E-state index in [2.05, 4.69) is 5.10 Å². The summed E-state index contributed by atoms with van der Waals surface area (Å²) in [6, 6.07) is 0. The number of aryl methyl sites for hydroxylation is 1. The van der Waals surface area contributed by atoms with Crippen LogP contribution in [-0.2, 0) is 21.3 Å². The van der Waals surface area contributed by atoms with Crippen LogP contribution in [0.15, 0.2) is 11.1 Å². The second-order valence-corrected chi connectivity index (χ2v) is 7.37. The first-order valence-electron chi connectivity index (χ1n) is 7.31. The predicted molar refractivity (Wildman–Crippen MR) is 80.3 cm³/mol. The normalized spacial score (nSPS) is 20.8. The molecule has 1 aliphatic heterocycles. The van der Waals surface area contributed by atoms with Gasteiger partial charge < -0.3 is 10.5 Å². The molecule has 1 unspecified atom stereocenters. The molecular weight excluding hydrogens is 292 g/mol. The van der Waals surface area contributed by atoms with Crippen molar-refractivity contribution >= 4 is 15.8 Å². The SMILES string of the molecule is CCCn1cc(S(=O)(=O)N2CCCC(COC)C2)c(N)n1. The third-order valence-corrected chi connectivity index (χ3v) is 5.59. The van der Waals surface area contributed by atoms with Gasteiger partial charge in [-0.05, 0) is 25.2 Å². The lowest BCUT2D eigenvalue weighted by molar-refractivity contribution is 0.118. The lowest BCUT2D eigenvalue weighted by Gasteiger charge is -2.31. The number of hydrogen-bond donors (Lipinski definition) is 1. The highest BCUT2D eigenvalue weighted by atomic mass is 32.2. The van der Waals surface area contributed by atoms with Crippen molar-refractivity contribution in [2.24, 2.45) is 5.92 Å². The highest BCUT2D eigenvalue weighted by Gasteiger charge is 2.32. The molecule has 0 saturated carbocycles. The van der Waals surface area contributed by atoms with Crippen molar-refractivity contribution in [1.29, 1.82) is 0 Å². The number of methoxy groups -OCH3 is 1. The van der Waals surface area contributed by atoms with E-state index < -0.39 is 10.0 Å². The number of hydrogen-bond acceptors (Lipinski definition) is 5. The Labute approximate surface area is 126 Å². The molecule has 0 spiro atoms. The first-order chi connectivity index (χ1) is 9.98. The van der Waals surface area contributed by atoms with Gasteiger partial charge in [0.1, 0.15) is 4.90 Å². The van der Waals surface area contributed by atoms with E-state index in [-0.39, 0.29) is 16.6 Å². The van der Waals surface area contributed by atoms with E-state index in [0.29, 0.717) is 26.2 Å². The van der Waals surface area contributed by atoms with Crippen LogP contribution in [0.1, 0.15) is 26.2 Å². The number of piperidine rings is 1. The molecule has 1 aliphatic rings. The summed E-state index contributed by atoms with van der Waals surface area (Å²) in [5, 5.41) is 4.08. The molecule has 0 aromatic carbocycles. The topological polar surface area (TPSA) is 90.5 Å². The number of nitrogens with two attached hydrogens (primary N) is 1. The van der Waals surface area contributed by atoms with Gasteiger partial charge in [-0.15, -0.1) is 0 Å². The maximum atomic E-state index is 12.7. The monoisotopic (exact) mass is 316 g/mol. The molecule has 1 fully saturated rings. The van der Waals surface area contributed by atoms with E-state index in [9.17, 15) is 8.42 Å². The molecule has 1 saturated heterocycles. The predicted octanol–water partition coefficient (Wildman–Crippen LogP) is 0.922. The fourth-order valence-electron chi connectivity index (χ4n) is 2.72. The summed E-state index contributed by atoms with van der Waals surface area (Å²) in [5.74, 6) is 0.322. The van der Waals surface area contributed by atoms with Gasteiger partial charge >= 0.3 is 0 Å². The van der Waals surface area contributed by atoms with Crippen LogP contribution in [0.3, 0.4) is 0 Å². The Hall–Kier alpha value is -1.12. The van der Waals surface area contributed by atoms with Crippen molar-refractivity contribution in [1.82, 2.24) is 14.1 Å². The van der Waals surface area contributed by atoms with Crippen LogP contribution in [0.2, 0.25) is 0 Å². The van der Waals surface area contributed by atoms with Crippen molar-refractivity contribution in [3.05, 3.63) is 6.20 Å². The molecule has 8 heteroatoms. The lowest BCUT2D eigenvalue weighted by Crippen LogP contribution is -2.41. The number of nitrogen functional groups attached to an aromatic ring is 1. The Balaban J connectivity index is 2.20. The van der Waals surface area contributed by atoms with Crippen LogP contribution in [0.25, 0.3) is 0 Å². The number of sulfonamides is 1. The quantitative estimate of drug-likeness (QED) is 0.843. The van der Waals surface area contributed by atoms with Gasteiger partial charge in [0.2, 0.25) is 10.0 Å². The van der Waals surface area contributed by atoms with Gasteiger partial charge in [0.05, 0.1) is 6.61 Å². The van der Waals surface area contributed by atoms with Crippen LogP contribution in [0.5, 0.6) is 0 Å². The van der Waals surface area contributed by atoms with E-state index in [1.54, 1.807) is 11.8 Å². The van der Waals surface area contributed by atoms with Crippen LogP contribution < -0.4 is 5.73 Å². The van der Waals surface area contributed by atoms with E-state index in [1.165, 1.54) is 10.5 Å². The molecule has 0 bridgehead atoms. The smallest absolute Gasteiger partial charge is 0.248 e. The molecule has 120 valence electrons. The van der Waals surface area contributed by atoms with Crippen molar-refractivity contribution in [2.45, 2.75) is 37.6 Å². The number of ether oxygens (including phenoxy) is 1. The van der Waals surface area contributed by atoms with Crippen LogP contribution >= 0.6 is 0 Å². The van der Waals surface area contributed by atoms with Gasteiger partial charge in [-0.3, -0.25) is 4.68 Å². The second kappa shape index (κ2) is 6.76. The van der Waals surface area contributed by atoms with Gasteiger partial charge in [-0.2, -0.15) is 9.40 Å². The van der Waals surface area contributed by atoms with E-state index in [4.69, 9.17) is 10.5 Å². The highest BCUT2D eigenvalue weighted by Crippen LogP contribution is 2.26. The molecule has 1 aromatic rings. The molecule has 0 aliphatic carbocycles. The van der Waals surface area contributed by atoms with Gasteiger partial charge in [-0.25, -0.2) is 8.42 Å². The Morgan fingerprint density at radius 1 is 1.52 bits per heavy atom. The zero-order valence-corrected chi connectivity index (χ0v) is 13.5. The number of nitrogens with zero attached hydrogens (tertiary/aromatic N) is 3. The molecule has 1 aromatic heterocycles. The molecule has 1 atom stereocenters. The Bertz CT molecular complexity index is 568. The fourth-order valence-corrected chi connectivity index (χ4v) is 4.33. The summed E-state index contributed by atoms with van der Waals surface area (Å²) < 4.78 is 33.7. The molecule has 7 nitrogen and oxygen atoms in total. The number of aromatic nitrogens is 2. The average Bonchev–Trinajstić information content (AvgIpc) is 2.81. The van der Waals surface area contributed by atoms with Gasteiger partial charge in [0.15, 0.2) is 5.82 Å². The molecule has 2 heterocycles. The van der Waals surface area contributed by atoms with Gasteiger partial charge in [-0.1, -0.05) is 6.92 Å². The molecule has 0 radical (unpaired) electrons. The van der Waals surface area contributed by atoms with Crippen molar-refractivity contribution in [3.8, 4) is 0 Å². The number of rotatable bonds is 6. The molecule has 2 N–H and O–H groups in total.